The Labute approximate surface area is 133 Å². The Morgan fingerprint density at radius 3 is 2.04 bits per heavy atom. The van der Waals surface area contributed by atoms with E-state index in [0.29, 0.717) is 19.4 Å². The summed E-state index contributed by atoms with van der Waals surface area (Å²) in [5, 5.41) is 8.53. The van der Waals surface area contributed by atoms with Gasteiger partial charge in [-0.25, -0.2) is 0 Å². The van der Waals surface area contributed by atoms with E-state index in [9.17, 15) is 19.0 Å². The van der Waals surface area contributed by atoms with Gasteiger partial charge in [0.2, 0.25) is 5.91 Å². The number of amides is 1. The molecular weight excluding hydrogens is 352 g/mol. The highest BCUT2D eigenvalue weighted by Gasteiger charge is 2.58. The summed E-state index contributed by atoms with van der Waals surface area (Å²) in [5.74, 6) is -0.502. The third-order valence-corrected chi connectivity index (χ3v) is 7.10. The van der Waals surface area contributed by atoms with Crippen LogP contribution in [0.2, 0.25) is 0 Å². The molecule has 1 unspecified atom stereocenters. The van der Waals surface area contributed by atoms with Crippen molar-refractivity contribution in [2.75, 3.05) is 13.1 Å². The highest BCUT2D eigenvalue weighted by atomic mass is 31.2. The summed E-state index contributed by atoms with van der Waals surface area (Å²) in [4.78, 5) is 47.4. The molecule has 0 aliphatic heterocycles. The standard InChI is InChI=1S/C10H25N3O8P2/c11-6-2-1-4-8(12)9(14)13-7-3-5-10(15,22(16,17)18)23(19,20)21/h8,15H,1-7,11-12H2,(H,13,14)(H2,16,17,18)(H2,19,20,21). The van der Waals surface area contributed by atoms with Crippen molar-refractivity contribution in [3.63, 3.8) is 0 Å². The molecule has 0 aliphatic rings. The van der Waals surface area contributed by atoms with E-state index in [0.717, 1.165) is 6.42 Å². The van der Waals surface area contributed by atoms with Crippen LogP contribution >= 0.6 is 15.2 Å². The maximum atomic E-state index is 11.6. The highest BCUT2D eigenvalue weighted by Crippen LogP contribution is 2.69. The SMILES string of the molecule is NCCCCC(N)C(=O)NCCCC(O)(P(=O)(O)O)P(=O)(O)O. The number of aliphatic hydroxyl groups is 1. The minimum Gasteiger partial charge on any atom is -0.368 e. The molecule has 0 radical (unpaired) electrons. The molecule has 0 heterocycles. The first-order valence-electron chi connectivity index (χ1n) is 6.94. The van der Waals surface area contributed by atoms with Crippen molar-refractivity contribution in [1.82, 2.24) is 5.32 Å². The number of hydrogen-bond acceptors (Lipinski definition) is 6. The average molecular weight is 377 g/mol. The van der Waals surface area contributed by atoms with Gasteiger partial charge >= 0.3 is 15.2 Å². The zero-order chi connectivity index (χ0) is 18.3. The van der Waals surface area contributed by atoms with Crippen molar-refractivity contribution in [3.8, 4) is 0 Å². The van der Waals surface area contributed by atoms with E-state index in [1.165, 1.54) is 0 Å². The molecule has 0 aromatic carbocycles. The molecule has 0 spiro atoms. The van der Waals surface area contributed by atoms with Crippen molar-refractivity contribution >= 4 is 21.1 Å². The van der Waals surface area contributed by atoms with Crippen LogP contribution in [0.15, 0.2) is 0 Å². The van der Waals surface area contributed by atoms with Crippen LogP contribution in [0.5, 0.6) is 0 Å². The second-order valence-electron chi connectivity index (χ2n) is 5.15. The Balaban J connectivity index is 4.41. The van der Waals surface area contributed by atoms with Gasteiger partial charge in [0.05, 0.1) is 6.04 Å². The highest BCUT2D eigenvalue weighted by molar-refractivity contribution is 7.72. The molecule has 0 aromatic heterocycles. The Hall–Kier alpha value is -0.350. The van der Waals surface area contributed by atoms with Crippen LogP contribution in [-0.2, 0) is 13.9 Å². The first kappa shape index (κ1) is 22.6. The molecule has 11 nitrogen and oxygen atoms in total. The van der Waals surface area contributed by atoms with Gasteiger partial charge in [-0.15, -0.1) is 0 Å². The molecule has 0 rings (SSSR count). The first-order chi connectivity index (χ1) is 10.4. The molecule has 0 saturated heterocycles. The normalized spacial score (nSPS) is 14.6. The summed E-state index contributed by atoms with van der Waals surface area (Å²) in [6, 6.07) is -0.774. The van der Waals surface area contributed by atoms with Crippen molar-refractivity contribution in [2.24, 2.45) is 11.5 Å². The lowest BCUT2D eigenvalue weighted by molar-refractivity contribution is -0.122. The van der Waals surface area contributed by atoms with Crippen LogP contribution in [0.1, 0.15) is 32.1 Å². The fourth-order valence-electron chi connectivity index (χ4n) is 1.77. The summed E-state index contributed by atoms with van der Waals surface area (Å²) in [7, 11) is -10.9. The van der Waals surface area contributed by atoms with Crippen LogP contribution in [0.4, 0.5) is 0 Å². The Kier molecular flexibility index (Phi) is 9.08. The van der Waals surface area contributed by atoms with Crippen molar-refractivity contribution in [2.45, 2.75) is 43.2 Å². The maximum Gasteiger partial charge on any atom is 0.369 e. The number of carbonyl (C=O) groups is 1. The molecular formula is C10H25N3O8P2. The topological polar surface area (TPSA) is 216 Å². The van der Waals surface area contributed by atoms with E-state index in [1.807, 2.05) is 0 Å². The number of hydrogen-bond donors (Lipinski definition) is 8. The van der Waals surface area contributed by atoms with Gasteiger partial charge in [-0.3, -0.25) is 13.9 Å². The lowest BCUT2D eigenvalue weighted by Crippen LogP contribution is -2.41. The van der Waals surface area contributed by atoms with Crippen molar-refractivity contribution in [1.29, 1.82) is 0 Å². The summed E-state index contributed by atoms with van der Waals surface area (Å²) in [6.45, 7) is 0.337. The van der Waals surface area contributed by atoms with Crippen LogP contribution in [-0.4, -0.2) is 54.8 Å². The Morgan fingerprint density at radius 1 is 1.09 bits per heavy atom. The largest absolute Gasteiger partial charge is 0.369 e. The summed E-state index contributed by atoms with van der Waals surface area (Å²) in [6.07, 6.45) is 0.663. The lowest BCUT2D eigenvalue weighted by Gasteiger charge is -2.29. The second kappa shape index (κ2) is 9.22. The number of rotatable bonds is 11. The lowest BCUT2D eigenvalue weighted by atomic mass is 10.1. The summed E-state index contributed by atoms with van der Waals surface area (Å²) in [5.41, 5.74) is 10.9. The average Bonchev–Trinajstić information content (AvgIpc) is 2.40. The first-order valence-corrected chi connectivity index (χ1v) is 10.2. The molecule has 1 atom stereocenters. The van der Waals surface area contributed by atoms with Crippen molar-refractivity contribution in [3.05, 3.63) is 0 Å². The number of nitrogens with two attached hydrogens (primary N) is 2. The zero-order valence-electron chi connectivity index (χ0n) is 12.5. The van der Waals surface area contributed by atoms with Gasteiger partial charge in [0.25, 0.3) is 5.08 Å². The van der Waals surface area contributed by atoms with E-state index in [2.05, 4.69) is 5.32 Å². The van der Waals surface area contributed by atoms with Crippen molar-refractivity contribution < 1.29 is 38.6 Å². The van der Waals surface area contributed by atoms with E-state index in [-0.39, 0.29) is 13.0 Å². The number of unbranched alkanes of at least 4 members (excludes halogenated alkanes) is 1. The minimum absolute atomic E-state index is 0.147. The van der Waals surface area contributed by atoms with Gasteiger partial charge in [0, 0.05) is 13.0 Å². The van der Waals surface area contributed by atoms with E-state index in [1.54, 1.807) is 0 Å². The maximum absolute atomic E-state index is 11.6. The monoisotopic (exact) mass is 377 g/mol. The summed E-state index contributed by atoms with van der Waals surface area (Å²) >= 11 is 0. The second-order valence-corrected chi connectivity index (χ2v) is 9.16. The number of nitrogens with one attached hydrogen (secondary N) is 1. The van der Waals surface area contributed by atoms with Gasteiger partial charge in [-0.1, -0.05) is 6.42 Å². The zero-order valence-corrected chi connectivity index (χ0v) is 14.3. The molecule has 0 bridgehead atoms. The van der Waals surface area contributed by atoms with Gasteiger partial charge in [-0.05, 0) is 25.8 Å². The van der Waals surface area contributed by atoms with E-state index < -0.39 is 38.6 Å². The molecule has 0 fully saturated rings. The van der Waals surface area contributed by atoms with Crippen LogP contribution in [0.3, 0.4) is 0 Å². The third kappa shape index (κ3) is 6.96. The predicted octanol–water partition coefficient (Wildman–Crippen LogP) is -1.66. The number of carbonyl (C=O) groups excluding carboxylic acids is 1. The molecule has 0 aliphatic carbocycles. The van der Waals surface area contributed by atoms with E-state index >= 15 is 0 Å². The quantitative estimate of drug-likeness (QED) is 0.151. The third-order valence-electron chi connectivity index (χ3n) is 3.23. The smallest absolute Gasteiger partial charge is 0.368 e. The molecule has 1 amide bonds. The van der Waals surface area contributed by atoms with Gasteiger partial charge in [-0.2, -0.15) is 0 Å². The van der Waals surface area contributed by atoms with Crippen LogP contribution in [0.25, 0.3) is 0 Å². The van der Waals surface area contributed by atoms with Gasteiger partial charge in [0.1, 0.15) is 0 Å². The molecule has 0 saturated carbocycles. The van der Waals surface area contributed by atoms with Gasteiger partial charge < -0.3 is 41.5 Å². The van der Waals surface area contributed by atoms with Gasteiger partial charge in [0.15, 0.2) is 0 Å². The van der Waals surface area contributed by atoms with Crippen LogP contribution < -0.4 is 16.8 Å². The minimum atomic E-state index is -5.47. The fourth-order valence-corrected chi connectivity index (χ4v) is 4.03. The molecule has 0 aromatic rings. The summed E-state index contributed by atoms with van der Waals surface area (Å²) < 4.78 is 22.2. The van der Waals surface area contributed by atoms with E-state index in [4.69, 9.17) is 31.0 Å². The molecule has 23 heavy (non-hydrogen) atoms. The molecule has 138 valence electrons. The fraction of sp³-hybridized carbons (Fsp3) is 0.900. The molecule has 10 N–H and O–H groups in total. The predicted molar refractivity (Wildman–Crippen MR) is 82.2 cm³/mol. The Morgan fingerprint density at radius 2 is 1.61 bits per heavy atom. The molecule has 13 heteroatoms. The Bertz CT molecular complexity index is 455. The van der Waals surface area contributed by atoms with Crippen LogP contribution in [0, 0.1) is 0 Å².